The molecule has 0 saturated carbocycles. The number of amides is 1. The number of carbonyl (C=O) groups is 1. The van der Waals surface area contributed by atoms with Gasteiger partial charge in [0.1, 0.15) is 18.5 Å². The number of ether oxygens (including phenoxy) is 2. The SMILES string of the molecule is CCCOC(=O)Nc1ccc(OCC(O)CN2CCN(c3ccccc3)CC2)cc1. The van der Waals surface area contributed by atoms with E-state index in [2.05, 4.69) is 39.4 Å². The van der Waals surface area contributed by atoms with Gasteiger partial charge in [-0.05, 0) is 42.8 Å². The van der Waals surface area contributed by atoms with E-state index in [4.69, 9.17) is 9.47 Å². The second-order valence-electron chi connectivity index (χ2n) is 7.37. The zero-order chi connectivity index (χ0) is 21.2. The second-order valence-corrected chi connectivity index (χ2v) is 7.37. The number of carbonyl (C=O) groups excluding carboxylic acids is 1. The predicted molar refractivity (Wildman–Crippen MR) is 118 cm³/mol. The Kier molecular flexibility index (Phi) is 8.35. The predicted octanol–water partition coefficient (Wildman–Crippen LogP) is 3.21. The number of nitrogens with one attached hydrogen (secondary N) is 1. The molecule has 1 fully saturated rings. The second kappa shape index (κ2) is 11.4. The number of rotatable bonds is 9. The molecular formula is C23H31N3O4. The molecule has 1 saturated heterocycles. The van der Waals surface area contributed by atoms with Crippen molar-refractivity contribution in [2.75, 3.05) is 56.2 Å². The van der Waals surface area contributed by atoms with Crippen LogP contribution in [0, 0.1) is 0 Å². The molecule has 2 aromatic carbocycles. The number of nitrogens with zero attached hydrogens (tertiary/aromatic N) is 2. The first-order valence-electron chi connectivity index (χ1n) is 10.5. The number of hydrogen-bond donors (Lipinski definition) is 2. The third-order valence-corrected chi connectivity index (χ3v) is 4.94. The fraction of sp³-hybridized carbons (Fsp3) is 0.435. The third-order valence-electron chi connectivity index (χ3n) is 4.94. The van der Waals surface area contributed by atoms with Gasteiger partial charge in [-0.15, -0.1) is 0 Å². The van der Waals surface area contributed by atoms with Gasteiger partial charge < -0.3 is 19.5 Å². The highest BCUT2D eigenvalue weighted by atomic mass is 16.5. The van der Waals surface area contributed by atoms with Crippen LogP contribution in [0.15, 0.2) is 54.6 Å². The molecule has 7 heteroatoms. The smallest absolute Gasteiger partial charge is 0.411 e. The highest BCUT2D eigenvalue weighted by molar-refractivity contribution is 5.84. The van der Waals surface area contributed by atoms with Crippen LogP contribution in [-0.2, 0) is 4.74 Å². The molecule has 0 radical (unpaired) electrons. The molecule has 1 heterocycles. The minimum atomic E-state index is -0.560. The number of aliphatic hydroxyl groups is 1. The summed E-state index contributed by atoms with van der Waals surface area (Å²) in [5.74, 6) is 0.649. The number of para-hydroxylation sites is 1. The molecule has 0 aromatic heterocycles. The molecule has 0 bridgehead atoms. The lowest BCUT2D eigenvalue weighted by atomic mass is 10.2. The molecule has 1 aliphatic heterocycles. The molecule has 1 unspecified atom stereocenters. The molecular weight excluding hydrogens is 382 g/mol. The number of anilines is 2. The molecule has 3 rings (SSSR count). The average molecular weight is 414 g/mol. The number of hydrogen-bond acceptors (Lipinski definition) is 6. The summed E-state index contributed by atoms with van der Waals surface area (Å²) in [6.45, 7) is 6.89. The Morgan fingerprint density at radius 1 is 1.07 bits per heavy atom. The van der Waals surface area contributed by atoms with Crippen molar-refractivity contribution in [2.24, 2.45) is 0 Å². The van der Waals surface area contributed by atoms with Crippen molar-refractivity contribution in [2.45, 2.75) is 19.4 Å². The van der Waals surface area contributed by atoms with Crippen LogP contribution in [0.1, 0.15) is 13.3 Å². The summed E-state index contributed by atoms with van der Waals surface area (Å²) in [6.07, 6.45) is -0.242. The van der Waals surface area contributed by atoms with Gasteiger partial charge in [0.15, 0.2) is 0 Å². The molecule has 1 atom stereocenters. The molecule has 0 aliphatic carbocycles. The van der Waals surface area contributed by atoms with Gasteiger partial charge in [-0.25, -0.2) is 4.79 Å². The largest absolute Gasteiger partial charge is 0.491 e. The van der Waals surface area contributed by atoms with E-state index in [9.17, 15) is 9.90 Å². The normalized spacial score (nSPS) is 15.5. The highest BCUT2D eigenvalue weighted by Gasteiger charge is 2.19. The van der Waals surface area contributed by atoms with Crippen molar-refractivity contribution >= 4 is 17.5 Å². The van der Waals surface area contributed by atoms with Crippen LogP contribution in [0.25, 0.3) is 0 Å². The van der Waals surface area contributed by atoms with Crippen LogP contribution >= 0.6 is 0 Å². The molecule has 1 aliphatic rings. The number of piperazine rings is 1. The summed E-state index contributed by atoms with van der Waals surface area (Å²) in [7, 11) is 0. The minimum Gasteiger partial charge on any atom is -0.491 e. The van der Waals surface area contributed by atoms with Gasteiger partial charge in [0.05, 0.1) is 6.61 Å². The van der Waals surface area contributed by atoms with Crippen LogP contribution in [0.4, 0.5) is 16.2 Å². The van der Waals surface area contributed by atoms with E-state index in [1.54, 1.807) is 24.3 Å². The quantitative estimate of drug-likeness (QED) is 0.658. The summed E-state index contributed by atoms with van der Waals surface area (Å²) < 4.78 is 10.7. The van der Waals surface area contributed by atoms with E-state index in [1.165, 1.54) is 5.69 Å². The van der Waals surface area contributed by atoms with Gasteiger partial charge in [-0.2, -0.15) is 0 Å². The van der Waals surface area contributed by atoms with Crippen LogP contribution in [0.2, 0.25) is 0 Å². The van der Waals surface area contributed by atoms with Gasteiger partial charge >= 0.3 is 6.09 Å². The lowest BCUT2D eigenvalue weighted by molar-refractivity contribution is 0.0663. The lowest BCUT2D eigenvalue weighted by Crippen LogP contribution is -2.49. The molecule has 1 amide bonds. The monoisotopic (exact) mass is 413 g/mol. The first kappa shape index (κ1) is 21.9. The maximum atomic E-state index is 11.6. The Bertz CT molecular complexity index is 762. The first-order chi connectivity index (χ1) is 14.6. The molecule has 7 nitrogen and oxygen atoms in total. The zero-order valence-corrected chi connectivity index (χ0v) is 17.5. The third kappa shape index (κ3) is 6.93. The van der Waals surface area contributed by atoms with Crippen LogP contribution in [0.5, 0.6) is 5.75 Å². The summed E-state index contributed by atoms with van der Waals surface area (Å²) in [6, 6.07) is 17.4. The van der Waals surface area contributed by atoms with Crippen molar-refractivity contribution in [3.63, 3.8) is 0 Å². The fourth-order valence-electron chi connectivity index (χ4n) is 3.35. The van der Waals surface area contributed by atoms with E-state index in [-0.39, 0.29) is 6.61 Å². The van der Waals surface area contributed by atoms with Gasteiger partial charge in [0.25, 0.3) is 0 Å². The Labute approximate surface area is 178 Å². The summed E-state index contributed by atoms with van der Waals surface area (Å²) in [4.78, 5) is 16.2. The fourth-order valence-corrected chi connectivity index (χ4v) is 3.35. The number of benzene rings is 2. The maximum Gasteiger partial charge on any atom is 0.411 e. The number of β-amino-alcohol motifs (C(OH)–C–C–N with tert-alkyl or cyclic N) is 1. The Balaban J connectivity index is 1.35. The Morgan fingerprint density at radius 2 is 1.77 bits per heavy atom. The van der Waals surface area contributed by atoms with E-state index >= 15 is 0 Å². The van der Waals surface area contributed by atoms with E-state index in [0.29, 0.717) is 24.6 Å². The minimum absolute atomic E-state index is 0.226. The van der Waals surface area contributed by atoms with Gasteiger partial charge in [0, 0.05) is 44.1 Å². The van der Waals surface area contributed by atoms with Crippen molar-refractivity contribution in [3.05, 3.63) is 54.6 Å². The van der Waals surface area contributed by atoms with Crippen LogP contribution in [0.3, 0.4) is 0 Å². The summed E-state index contributed by atoms with van der Waals surface area (Å²) >= 11 is 0. The van der Waals surface area contributed by atoms with Crippen molar-refractivity contribution in [1.82, 2.24) is 4.90 Å². The first-order valence-corrected chi connectivity index (χ1v) is 10.5. The Morgan fingerprint density at radius 3 is 2.43 bits per heavy atom. The molecule has 0 spiro atoms. The van der Waals surface area contributed by atoms with E-state index < -0.39 is 12.2 Å². The standard InChI is InChI=1S/C23H31N3O4/c1-2-16-29-23(28)24-19-8-10-22(11-9-19)30-18-21(27)17-25-12-14-26(15-13-25)20-6-4-3-5-7-20/h3-11,21,27H,2,12-18H2,1H3,(H,24,28). The molecule has 2 N–H and O–H groups in total. The molecule has 162 valence electrons. The van der Waals surface area contributed by atoms with Gasteiger partial charge in [-0.1, -0.05) is 25.1 Å². The zero-order valence-electron chi connectivity index (χ0n) is 17.5. The molecule has 30 heavy (non-hydrogen) atoms. The van der Waals surface area contributed by atoms with Gasteiger partial charge in [-0.3, -0.25) is 10.2 Å². The summed E-state index contributed by atoms with van der Waals surface area (Å²) in [5, 5.41) is 13.0. The van der Waals surface area contributed by atoms with E-state index in [1.807, 2.05) is 13.0 Å². The average Bonchev–Trinajstić information content (AvgIpc) is 2.78. The summed E-state index contributed by atoms with van der Waals surface area (Å²) in [5.41, 5.74) is 1.89. The highest BCUT2D eigenvalue weighted by Crippen LogP contribution is 2.17. The van der Waals surface area contributed by atoms with Crippen molar-refractivity contribution in [3.8, 4) is 5.75 Å². The topological polar surface area (TPSA) is 74.3 Å². The van der Waals surface area contributed by atoms with Crippen LogP contribution < -0.4 is 15.0 Å². The number of aliphatic hydroxyl groups excluding tert-OH is 1. The van der Waals surface area contributed by atoms with Gasteiger partial charge in [0.2, 0.25) is 0 Å². The van der Waals surface area contributed by atoms with E-state index in [0.717, 1.165) is 32.6 Å². The molecule has 2 aromatic rings. The van der Waals surface area contributed by atoms with Crippen LogP contribution in [-0.4, -0.2) is 68.1 Å². The van der Waals surface area contributed by atoms with Crippen molar-refractivity contribution in [1.29, 1.82) is 0 Å². The lowest BCUT2D eigenvalue weighted by Gasteiger charge is -2.36. The maximum absolute atomic E-state index is 11.6. The van der Waals surface area contributed by atoms with Crippen molar-refractivity contribution < 1.29 is 19.4 Å². The Hall–Kier alpha value is -2.77.